The molecule has 9 nitrogen and oxygen atoms in total. The minimum Gasteiger partial charge on any atom is -0.367 e. The number of hydrogen-bond acceptors (Lipinski definition) is 9. The van der Waals surface area contributed by atoms with Crippen LogP contribution in [0.2, 0.25) is 0 Å². The molecule has 1 aliphatic rings. The zero-order valence-electron chi connectivity index (χ0n) is 18.1. The van der Waals surface area contributed by atoms with Gasteiger partial charge in [-0.15, -0.1) is 0 Å². The second-order valence-corrected chi connectivity index (χ2v) is 10.5. The molecule has 3 atom stereocenters. The van der Waals surface area contributed by atoms with Gasteiger partial charge in [-0.3, -0.25) is 8.37 Å². The van der Waals surface area contributed by atoms with E-state index in [4.69, 9.17) is 22.6 Å². The smallest absolute Gasteiger partial charge is 0.297 e. The SMILES string of the molecule is COC(OC)[C@H]1OC[C@@H](OS(=O)(=O)c2ccc(C)cc2)[C@@H]1OS(=O)(=O)c1ccc(C)cc1. The van der Waals surface area contributed by atoms with Crippen LogP contribution in [-0.4, -0.2) is 62.3 Å². The van der Waals surface area contributed by atoms with Crippen LogP contribution in [0.1, 0.15) is 11.1 Å². The van der Waals surface area contributed by atoms with E-state index in [1.54, 1.807) is 24.3 Å². The molecule has 0 bridgehead atoms. The van der Waals surface area contributed by atoms with E-state index in [0.717, 1.165) is 11.1 Å². The van der Waals surface area contributed by atoms with Crippen molar-refractivity contribution in [1.29, 1.82) is 0 Å². The largest absolute Gasteiger partial charge is 0.367 e. The fourth-order valence-electron chi connectivity index (χ4n) is 3.23. The van der Waals surface area contributed by atoms with E-state index in [1.165, 1.54) is 38.5 Å². The molecule has 2 aromatic rings. The highest BCUT2D eigenvalue weighted by Crippen LogP contribution is 2.30. The zero-order valence-corrected chi connectivity index (χ0v) is 19.8. The average Bonchev–Trinajstić information content (AvgIpc) is 3.10. The second-order valence-electron chi connectivity index (χ2n) is 7.37. The lowest BCUT2D eigenvalue weighted by Crippen LogP contribution is -2.44. The summed E-state index contributed by atoms with van der Waals surface area (Å²) in [6.07, 6.45) is -4.65. The maximum absolute atomic E-state index is 12.9. The maximum Gasteiger partial charge on any atom is 0.297 e. The summed E-state index contributed by atoms with van der Waals surface area (Å²) in [6.45, 7) is 3.40. The van der Waals surface area contributed by atoms with Crippen LogP contribution in [-0.2, 0) is 42.8 Å². The van der Waals surface area contributed by atoms with Gasteiger partial charge in [0.1, 0.15) is 18.3 Å². The molecule has 3 rings (SSSR count). The van der Waals surface area contributed by atoms with Crippen molar-refractivity contribution in [3.8, 4) is 0 Å². The number of benzene rings is 2. The molecule has 1 heterocycles. The first kappa shape index (κ1) is 24.8. The highest BCUT2D eigenvalue weighted by atomic mass is 32.2. The fourth-order valence-corrected chi connectivity index (χ4v) is 5.41. The van der Waals surface area contributed by atoms with E-state index in [-0.39, 0.29) is 16.4 Å². The van der Waals surface area contributed by atoms with Crippen LogP contribution in [0.25, 0.3) is 0 Å². The minimum atomic E-state index is -4.27. The summed E-state index contributed by atoms with van der Waals surface area (Å²) < 4.78 is 78.2. The number of ether oxygens (including phenoxy) is 3. The highest BCUT2D eigenvalue weighted by molar-refractivity contribution is 7.87. The average molecular weight is 487 g/mol. The minimum absolute atomic E-state index is 0.0678. The molecular weight excluding hydrogens is 460 g/mol. The Balaban J connectivity index is 1.90. The number of methoxy groups -OCH3 is 2. The molecule has 0 radical (unpaired) electrons. The molecule has 1 fully saturated rings. The highest BCUT2D eigenvalue weighted by Gasteiger charge is 2.48. The van der Waals surface area contributed by atoms with Crippen LogP contribution in [0.3, 0.4) is 0 Å². The van der Waals surface area contributed by atoms with Crippen LogP contribution in [0.15, 0.2) is 58.3 Å². The molecule has 0 aliphatic carbocycles. The van der Waals surface area contributed by atoms with E-state index < -0.39 is 44.8 Å². The first-order valence-corrected chi connectivity index (χ1v) is 12.6. The summed E-state index contributed by atoms with van der Waals surface area (Å²) >= 11 is 0. The van der Waals surface area contributed by atoms with Gasteiger partial charge in [0.05, 0.1) is 16.4 Å². The first-order chi connectivity index (χ1) is 15.1. The molecule has 176 valence electrons. The summed E-state index contributed by atoms with van der Waals surface area (Å²) in [4.78, 5) is -0.151. The maximum atomic E-state index is 12.9. The van der Waals surface area contributed by atoms with Crippen LogP contribution >= 0.6 is 0 Å². The van der Waals surface area contributed by atoms with E-state index in [0.29, 0.717) is 0 Å². The Bertz CT molecular complexity index is 1110. The molecule has 0 spiro atoms. The molecule has 1 saturated heterocycles. The topological polar surface area (TPSA) is 114 Å². The molecule has 2 aromatic carbocycles. The summed E-state index contributed by atoms with van der Waals surface area (Å²) in [5.41, 5.74) is 1.75. The normalized spacial score (nSPS) is 21.8. The van der Waals surface area contributed by atoms with Gasteiger partial charge < -0.3 is 14.2 Å². The van der Waals surface area contributed by atoms with Crippen LogP contribution in [0.4, 0.5) is 0 Å². The van der Waals surface area contributed by atoms with Crippen LogP contribution in [0.5, 0.6) is 0 Å². The van der Waals surface area contributed by atoms with Crippen molar-refractivity contribution < 1.29 is 39.4 Å². The van der Waals surface area contributed by atoms with Crippen molar-refractivity contribution in [3.63, 3.8) is 0 Å². The summed E-state index contributed by atoms with van der Waals surface area (Å²) in [5, 5.41) is 0. The van der Waals surface area contributed by atoms with Crippen molar-refractivity contribution in [2.45, 2.75) is 48.2 Å². The number of aryl methyl sites for hydroxylation is 2. The Morgan fingerprint density at radius 3 is 1.66 bits per heavy atom. The van der Waals surface area contributed by atoms with Gasteiger partial charge in [-0.1, -0.05) is 35.4 Å². The Morgan fingerprint density at radius 2 is 1.22 bits per heavy atom. The Kier molecular flexibility index (Phi) is 7.71. The van der Waals surface area contributed by atoms with Crippen molar-refractivity contribution in [2.24, 2.45) is 0 Å². The van der Waals surface area contributed by atoms with Gasteiger partial charge in [-0.05, 0) is 38.1 Å². The van der Waals surface area contributed by atoms with E-state index in [9.17, 15) is 16.8 Å². The quantitative estimate of drug-likeness (QED) is 0.388. The fraction of sp³-hybridized carbons (Fsp3) is 0.429. The number of hydrogen-bond donors (Lipinski definition) is 0. The van der Waals surface area contributed by atoms with Crippen molar-refractivity contribution >= 4 is 20.2 Å². The van der Waals surface area contributed by atoms with Crippen molar-refractivity contribution in [2.75, 3.05) is 20.8 Å². The Labute approximate surface area is 188 Å². The predicted octanol–water partition coefficient (Wildman–Crippen LogP) is 2.17. The number of rotatable bonds is 9. The molecule has 1 aliphatic heterocycles. The van der Waals surface area contributed by atoms with Gasteiger partial charge in [0.2, 0.25) is 0 Å². The Hall–Kier alpha value is -1.86. The molecule has 11 heteroatoms. The third kappa shape index (κ3) is 5.54. The monoisotopic (exact) mass is 486 g/mol. The van der Waals surface area contributed by atoms with E-state index in [1.807, 2.05) is 13.8 Å². The summed E-state index contributed by atoms with van der Waals surface area (Å²) in [5.74, 6) is 0. The van der Waals surface area contributed by atoms with E-state index >= 15 is 0 Å². The molecular formula is C21H26O9S2. The lowest BCUT2D eigenvalue weighted by Gasteiger charge is -2.26. The summed E-state index contributed by atoms with van der Waals surface area (Å²) in [7, 11) is -5.79. The van der Waals surface area contributed by atoms with E-state index in [2.05, 4.69) is 0 Å². The molecule has 0 aromatic heterocycles. The van der Waals surface area contributed by atoms with Gasteiger partial charge >= 0.3 is 0 Å². The van der Waals surface area contributed by atoms with Gasteiger partial charge in [0.15, 0.2) is 6.29 Å². The lowest BCUT2D eigenvalue weighted by atomic mass is 10.1. The molecule has 0 amide bonds. The Morgan fingerprint density at radius 1 is 0.781 bits per heavy atom. The van der Waals surface area contributed by atoms with Gasteiger partial charge in [0, 0.05) is 14.2 Å². The van der Waals surface area contributed by atoms with Crippen molar-refractivity contribution in [3.05, 3.63) is 59.7 Å². The third-order valence-electron chi connectivity index (χ3n) is 4.98. The van der Waals surface area contributed by atoms with Gasteiger partial charge in [0.25, 0.3) is 20.2 Å². The molecule has 0 saturated carbocycles. The lowest BCUT2D eigenvalue weighted by molar-refractivity contribution is -0.182. The standard InChI is InChI=1S/C21H26O9S2/c1-14-5-9-16(10-6-14)31(22,23)29-18-13-28-20(21(26-3)27-4)19(18)30-32(24,25)17-11-7-15(2)8-12-17/h5-12,18-21H,13H2,1-4H3/t18-,19+,20+/m1/s1. The molecule has 0 N–H and O–H groups in total. The van der Waals surface area contributed by atoms with Gasteiger partial charge in [-0.2, -0.15) is 16.8 Å². The van der Waals surface area contributed by atoms with Crippen molar-refractivity contribution in [1.82, 2.24) is 0 Å². The van der Waals surface area contributed by atoms with Crippen LogP contribution in [0, 0.1) is 13.8 Å². The second kappa shape index (κ2) is 9.96. The predicted molar refractivity (Wildman–Crippen MR) is 114 cm³/mol. The molecule has 0 unspecified atom stereocenters. The van der Waals surface area contributed by atoms with Gasteiger partial charge in [-0.25, -0.2) is 0 Å². The first-order valence-electron chi connectivity index (χ1n) is 9.74. The third-order valence-corrected chi connectivity index (χ3v) is 7.66. The van der Waals surface area contributed by atoms with Crippen LogP contribution < -0.4 is 0 Å². The zero-order chi connectivity index (χ0) is 23.5. The molecule has 32 heavy (non-hydrogen) atoms. The summed E-state index contributed by atoms with van der Waals surface area (Å²) in [6, 6.07) is 12.1.